The summed E-state index contributed by atoms with van der Waals surface area (Å²) in [5.41, 5.74) is 2.20. The molecule has 2 aliphatic carbocycles. The van der Waals surface area contributed by atoms with E-state index >= 15 is 0 Å². The maximum absolute atomic E-state index is 12.0. The summed E-state index contributed by atoms with van der Waals surface area (Å²) in [4.78, 5) is 0. The zero-order chi connectivity index (χ0) is 18.9. The maximum Gasteiger partial charge on any atom is 0.0956 e. The molecule has 0 aromatic heterocycles. The van der Waals surface area contributed by atoms with Gasteiger partial charge >= 0.3 is 0 Å². The van der Waals surface area contributed by atoms with Gasteiger partial charge in [0, 0.05) is 5.03 Å². The van der Waals surface area contributed by atoms with Gasteiger partial charge in [0.1, 0.15) is 0 Å². The molecule has 0 aliphatic heterocycles. The molecule has 2 aliphatic rings. The van der Waals surface area contributed by atoms with E-state index in [4.69, 9.17) is 11.6 Å². The van der Waals surface area contributed by atoms with Gasteiger partial charge in [-0.1, -0.05) is 68.4 Å². The molecule has 0 saturated heterocycles. The second kappa shape index (κ2) is 7.74. The Bertz CT molecular complexity index is 727. The average molecular weight is 371 g/mol. The largest absolute Gasteiger partial charge is 0.385 e. The SMILES string of the molecule is C=C(/C=C\C(Cl)=C/C)c1ccccc1C1(O)C(C)CC2CC(C)CC1C2. The monoisotopic (exact) mass is 370 g/mol. The van der Waals surface area contributed by atoms with Crippen LogP contribution in [0.1, 0.15) is 57.6 Å². The summed E-state index contributed by atoms with van der Waals surface area (Å²) in [5, 5.41) is 12.7. The summed E-state index contributed by atoms with van der Waals surface area (Å²) in [7, 11) is 0. The zero-order valence-corrected chi connectivity index (χ0v) is 17.0. The molecular formula is C24H31ClO. The fourth-order valence-electron chi connectivity index (χ4n) is 5.34. The first-order valence-electron chi connectivity index (χ1n) is 9.87. The lowest BCUT2D eigenvalue weighted by Crippen LogP contribution is -2.49. The molecule has 1 nitrogen and oxygen atoms in total. The third-order valence-electron chi connectivity index (χ3n) is 6.53. The molecule has 2 heteroatoms. The van der Waals surface area contributed by atoms with Crippen LogP contribution in [-0.2, 0) is 5.60 Å². The second-order valence-electron chi connectivity index (χ2n) is 8.42. The fourth-order valence-corrected chi connectivity index (χ4v) is 5.41. The first-order valence-corrected chi connectivity index (χ1v) is 10.2. The maximum atomic E-state index is 12.0. The van der Waals surface area contributed by atoms with Crippen LogP contribution >= 0.6 is 11.6 Å². The first kappa shape index (κ1) is 19.5. The van der Waals surface area contributed by atoms with Crippen molar-refractivity contribution < 1.29 is 5.11 Å². The van der Waals surface area contributed by atoms with Gasteiger partial charge < -0.3 is 5.11 Å². The zero-order valence-electron chi connectivity index (χ0n) is 16.2. The molecule has 0 heterocycles. The van der Waals surface area contributed by atoms with Crippen LogP contribution in [0.2, 0.25) is 0 Å². The molecule has 2 fully saturated rings. The highest BCUT2D eigenvalue weighted by atomic mass is 35.5. The van der Waals surface area contributed by atoms with Crippen molar-refractivity contribution in [3.8, 4) is 0 Å². The summed E-state index contributed by atoms with van der Waals surface area (Å²) >= 11 is 6.10. The molecule has 1 N–H and O–H groups in total. The third-order valence-corrected chi connectivity index (χ3v) is 6.87. The van der Waals surface area contributed by atoms with Crippen LogP contribution in [0.5, 0.6) is 0 Å². The molecule has 1 aromatic rings. The number of allylic oxidation sites excluding steroid dienone is 5. The Hall–Kier alpha value is -1.31. The van der Waals surface area contributed by atoms with E-state index in [1.807, 2.05) is 37.3 Å². The normalized spacial score (nSPS) is 34.9. The summed E-state index contributed by atoms with van der Waals surface area (Å²) in [6.07, 6.45) is 10.4. The van der Waals surface area contributed by atoms with Crippen LogP contribution < -0.4 is 0 Å². The van der Waals surface area contributed by atoms with E-state index in [1.165, 1.54) is 6.42 Å². The number of aliphatic hydroxyl groups is 1. The van der Waals surface area contributed by atoms with Gasteiger partial charge in [0.15, 0.2) is 0 Å². The summed E-state index contributed by atoms with van der Waals surface area (Å²) in [6, 6.07) is 8.24. The van der Waals surface area contributed by atoms with Gasteiger partial charge in [0.05, 0.1) is 5.60 Å². The molecule has 1 aromatic carbocycles. The summed E-state index contributed by atoms with van der Waals surface area (Å²) in [5.74, 6) is 2.05. The van der Waals surface area contributed by atoms with E-state index in [1.54, 1.807) is 0 Å². The minimum atomic E-state index is -0.775. The van der Waals surface area contributed by atoms with Crippen molar-refractivity contribution in [2.24, 2.45) is 23.7 Å². The van der Waals surface area contributed by atoms with Crippen LogP contribution in [0.15, 0.2) is 54.1 Å². The lowest BCUT2D eigenvalue weighted by atomic mass is 9.55. The van der Waals surface area contributed by atoms with Gasteiger partial charge in [-0.2, -0.15) is 0 Å². The Kier molecular flexibility index (Phi) is 5.79. The number of rotatable bonds is 4. The first-order chi connectivity index (χ1) is 12.4. The molecule has 26 heavy (non-hydrogen) atoms. The van der Waals surface area contributed by atoms with E-state index in [0.717, 1.165) is 41.9 Å². The molecular weight excluding hydrogens is 340 g/mol. The highest BCUT2D eigenvalue weighted by Crippen LogP contribution is 2.55. The van der Waals surface area contributed by atoms with E-state index in [-0.39, 0.29) is 5.92 Å². The lowest BCUT2D eigenvalue weighted by Gasteiger charge is -2.52. The Labute approximate surface area is 163 Å². The highest BCUT2D eigenvalue weighted by molar-refractivity contribution is 6.31. The Morgan fingerprint density at radius 2 is 1.88 bits per heavy atom. The second-order valence-corrected chi connectivity index (χ2v) is 8.85. The molecule has 3 rings (SSSR count). The van der Waals surface area contributed by atoms with Gasteiger partial charge in [0.2, 0.25) is 0 Å². The van der Waals surface area contributed by atoms with Crippen LogP contribution in [0, 0.1) is 23.7 Å². The van der Waals surface area contributed by atoms with Crippen LogP contribution in [0.25, 0.3) is 5.57 Å². The van der Waals surface area contributed by atoms with Gasteiger partial charge in [-0.3, -0.25) is 0 Å². The topological polar surface area (TPSA) is 20.2 Å². The number of benzene rings is 1. The number of fused-ring (bicyclic) bond motifs is 2. The molecule has 0 amide bonds. The fraction of sp³-hybridized carbons (Fsp3) is 0.500. The minimum absolute atomic E-state index is 0.260. The predicted octanol–water partition coefficient (Wildman–Crippen LogP) is 6.68. The van der Waals surface area contributed by atoms with Crippen molar-refractivity contribution in [3.63, 3.8) is 0 Å². The Balaban J connectivity index is 2.00. The van der Waals surface area contributed by atoms with Crippen LogP contribution in [0.3, 0.4) is 0 Å². The van der Waals surface area contributed by atoms with Gasteiger partial charge in [0.25, 0.3) is 0 Å². The van der Waals surface area contributed by atoms with Crippen LogP contribution in [-0.4, -0.2) is 5.11 Å². The number of hydrogen-bond acceptors (Lipinski definition) is 1. The lowest BCUT2D eigenvalue weighted by molar-refractivity contribution is -0.132. The minimum Gasteiger partial charge on any atom is -0.385 e. The molecule has 5 unspecified atom stereocenters. The van der Waals surface area contributed by atoms with Gasteiger partial charge in [-0.25, -0.2) is 0 Å². The average Bonchev–Trinajstić information content (AvgIpc) is 2.63. The number of halogens is 1. The standard InChI is InChI=1S/C24H31ClO/c1-5-21(25)11-10-17(3)22-8-6-7-9-23(22)24(26)18(4)14-19-12-16(2)13-20(24)15-19/h5-11,16,18-20,26H,3,12-15H2,1-2,4H3/b11-10-,21-5+. The van der Waals surface area contributed by atoms with Crippen molar-refractivity contribution in [2.45, 2.75) is 52.1 Å². The van der Waals surface area contributed by atoms with E-state index in [0.29, 0.717) is 16.9 Å². The third kappa shape index (κ3) is 3.57. The molecule has 0 spiro atoms. The highest BCUT2D eigenvalue weighted by Gasteiger charge is 2.51. The predicted molar refractivity (Wildman–Crippen MR) is 112 cm³/mol. The molecule has 5 atom stereocenters. The van der Waals surface area contributed by atoms with Gasteiger partial charge in [-0.05, 0) is 79.1 Å². The quantitative estimate of drug-likeness (QED) is 0.586. The summed E-state index contributed by atoms with van der Waals surface area (Å²) < 4.78 is 0. The van der Waals surface area contributed by atoms with Crippen LogP contribution in [0.4, 0.5) is 0 Å². The van der Waals surface area contributed by atoms with Gasteiger partial charge in [-0.15, -0.1) is 0 Å². The van der Waals surface area contributed by atoms with E-state index in [2.05, 4.69) is 32.6 Å². The van der Waals surface area contributed by atoms with E-state index < -0.39 is 5.60 Å². The van der Waals surface area contributed by atoms with Crippen molar-refractivity contribution in [3.05, 3.63) is 65.2 Å². The molecule has 0 radical (unpaired) electrons. The van der Waals surface area contributed by atoms with E-state index in [9.17, 15) is 5.11 Å². The van der Waals surface area contributed by atoms with Crippen molar-refractivity contribution >= 4 is 17.2 Å². The van der Waals surface area contributed by atoms with Crippen molar-refractivity contribution in [1.29, 1.82) is 0 Å². The summed E-state index contributed by atoms with van der Waals surface area (Å²) in [6.45, 7) is 10.7. The Morgan fingerprint density at radius 1 is 1.15 bits per heavy atom. The van der Waals surface area contributed by atoms with Crippen molar-refractivity contribution in [1.82, 2.24) is 0 Å². The molecule has 2 bridgehead atoms. The Morgan fingerprint density at radius 3 is 2.62 bits per heavy atom. The molecule has 2 saturated carbocycles. The van der Waals surface area contributed by atoms with Crippen molar-refractivity contribution in [2.75, 3.05) is 0 Å². The number of hydrogen-bond donors (Lipinski definition) is 1. The smallest absolute Gasteiger partial charge is 0.0956 e. The molecule has 140 valence electrons.